The molecule has 0 aliphatic carbocycles. The smallest absolute Gasteiger partial charge is 0.197 e. The minimum absolute atomic E-state index is 0.613. The van der Waals surface area contributed by atoms with Crippen LogP contribution >= 0.6 is 11.3 Å². The summed E-state index contributed by atoms with van der Waals surface area (Å²) in [6.07, 6.45) is 5.60. The van der Waals surface area contributed by atoms with Gasteiger partial charge < -0.3 is 4.90 Å². The molecule has 2 aromatic heterocycles. The largest absolute Gasteiger partial charge is 0.363 e. The lowest BCUT2D eigenvalue weighted by Crippen LogP contribution is -2.28. The summed E-state index contributed by atoms with van der Waals surface area (Å²) in [7, 11) is 0. The van der Waals surface area contributed by atoms with E-state index in [0.717, 1.165) is 29.1 Å². The highest BCUT2D eigenvalue weighted by atomic mass is 32.1. The highest BCUT2D eigenvalue weighted by molar-refractivity contribution is 7.18. The second kappa shape index (κ2) is 5.43. The van der Waals surface area contributed by atoms with E-state index in [1.54, 1.807) is 0 Å². The van der Waals surface area contributed by atoms with Gasteiger partial charge in [-0.2, -0.15) is 5.26 Å². The van der Waals surface area contributed by atoms with Gasteiger partial charge >= 0.3 is 0 Å². The van der Waals surface area contributed by atoms with E-state index >= 15 is 0 Å². The molecule has 0 unspecified atom stereocenters. The van der Waals surface area contributed by atoms with Gasteiger partial charge in [-0.25, -0.2) is 9.98 Å². The lowest BCUT2D eigenvalue weighted by atomic mass is 10.1. The van der Waals surface area contributed by atoms with Crippen LogP contribution < -0.4 is 0 Å². The summed E-state index contributed by atoms with van der Waals surface area (Å²) in [5, 5.41) is 9.38. The van der Waals surface area contributed by atoms with Gasteiger partial charge in [0.05, 0.1) is 17.4 Å². The molecule has 1 aliphatic rings. The van der Waals surface area contributed by atoms with Crippen molar-refractivity contribution in [1.29, 1.82) is 5.26 Å². The topological polar surface area (TPSA) is 56.7 Å². The number of piperidine rings is 1. The Morgan fingerprint density at radius 2 is 2.05 bits per heavy atom. The van der Waals surface area contributed by atoms with Crippen molar-refractivity contribution in [3.8, 4) is 6.07 Å². The van der Waals surface area contributed by atoms with Crippen LogP contribution in [-0.4, -0.2) is 33.7 Å². The molecular formula is C16H15N5S. The second-order valence-electron chi connectivity index (χ2n) is 5.43. The number of thiazole rings is 1. The van der Waals surface area contributed by atoms with Crippen molar-refractivity contribution in [2.75, 3.05) is 13.1 Å². The van der Waals surface area contributed by atoms with Crippen molar-refractivity contribution in [2.24, 2.45) is 4.99 Å². The van der Waals surface area contributed by atoms with Crippen LogP contribution in [0, 0.1) is 11.3 Å². The zero-order valence-electron chi connectivity index (χ0n) is 12.1. The molecule has 110 valence electrons. The van der Waals surface area contributed by atoms with Gasteiger partial charge in [0, 0.05) is 13.1 Å². The van der Waals surface area contributed by atoms with Crippen molar-refractivity contribution < 1.29 is 0 Å². The molecule has 0 bridgehead atoms. The molecule has 3 aromatic rings. The van der Waals surface area contributed by atoms with E-state index in [4.69, 9.17) is 0 Å². The van der Waals surface area contributed by atoms with Crippen LogP contribution in [0.3, 0.4) is 0 Å². The van der Waals surface area contributed by atoms with Crippen LogP contribution in [0.15, 0.2) is 29.3 Å². The zero-order valence-corrected chi connectivity index (χ0v) is 12.9. The van der Waals surface area contributed by atoms with E-state index in [1.807, 2.05) is 35.0 Å². The fourth-order valence-electron chi connectivity index (χ4n) is 2.87. The van der Waals surface area contributed by atoms with E-state index < -0.39 is 0 Å². The predicted octanol–water partition coefficient (Wildman–Crippen LogP) is 3.57. The molecule has 1 aliphatic heterocycles. The number of benzene rings is 1. The van der Waals surface area contributed by atoms with E-state index in [9.17, 15) is 5.26 Å². The molecule has 1 aromatic carbocycles. The summed E-state index contributed by atoms with van der Waals surface area (Å²) >= 11 is 1.39. The van der Waals surface area contributed by atoms with Crippen LogP contribution in [0.25, 0.3) is 16.0 Å². The summed E-state index contributed by atoms with van der Waals surface area (Å²) in [6, 6.07) is 10.2. The van der Waals surface area contributed by atoms with Crippen molar-refractivity contribution in [3.05, 3.63) is 29.1 Å². The number of hydrogen-bond donors (Lipinski definition) is 0. The fraction of sp³-hybridized carbons (Fsp3) is 0.312. The zero-order chi connectivity index (χ0) is 14.9. The van der Waals surface area contributed by atoms with E-state index in [0.29, 0.717) is 10.7 Å². The van der Waals surface area contributed by atoms with Crippen LogP contribution in [0.5, 0.6) is 0 Å². The molecule has 0 spiro atoms. The normalized spacial score (nSPS) is 15.9. The SMILES string of the molecule is N#Cc1sc2nc3ccccc3n2c1N=CN1CCCCC1. The standard InChI is InChI=1S/C16H15N5S/c17-10-14-15(18-11-20-8-4-1-5-9-20)21-13-7-3-2-6-12(13)19-16(21)22-14/h2-3,6-7,11H,1,4-5,8-9H2. The van der Waals surface area contributed by atoms with Gasteiger partial charge in [0.15, 0.2) is 15.7 Å². The molecule has 3 heterocycles. The fourth-order valence-corrected chi connectivity index (χ4v) is 3.76. The quantitative estimate of drug-likeness (QED) is 0.537. The third kappa shape index (κ3) is 2.14. The molecule has 1 saturated heterocycles. The Morgan fingerprint density at radius 1 is 1.23 bits per heavy atom. The Hall–Kier alpha value is -2.39. The molecular weight excluding hydrogens is 294 g/mol. The van der Waals surface area contributed by atoms with Crippen LogP contribution in [-0.2, 0) is 0 Å². The Morgan fingerprint density at radius 3 is 2.86 bits per heavy atom. The number of aromatic nitrogens is 2. The van der Waals surface area contributed by atoms with Gasteiger partial charge in [-0.1, -0.05) is 23.5 Å². The number of nitriles is 1. The molecule has 0 amide bonds. The van der Waals surface area contributed by atoms with Crippen molar-refractivity contribution in [1.82, 2.24) is 14.3 Å². The van der Waals surface area contributed by atoms with Gasteiger partial charge in [-0.15, -0.1) is 0 Å². The maximum Gasteiger partial charge on any atom is 0.197 e. The Bertz CT molecular complexity index is 892. The number of para-hydroxylation sites is 2. The van der Waals surface area contributed by atoms with Gasteiger partial charge in [0.25, 0.3) is 0 Å². The van der Waals surface area contributed by atoms with E-state index in [-0.39, 0.29) is 0 Å². The number of rotatable bonds is 2. The Kier molecular flexibility index (Phi) is 3.28. The molecule has 6 heteroatoms. The Balaban J connectivity index is 1.83. The van der Waals surface area contributed by atoms with E-state index in [2.05, 4.69) is 20.9 Å². The second-order valence-corrected chi connectivity index (χ2v) is 6.40. The number of aliphatic imine (C=N–C) groups is 1. The lowest BCUT2D eigenvalue weighted by molar-refractivity contribution is 0.351. The average Bonchev–Trinajstić information content (AvgIpc) is 3.09. The number of fused-ring (bicyclic) bond motifs is 3. The maximum absolute atomic E-state index is 9.38. The third-order valence-corrected chi connectivity index (χ3v) is 4.91. The molecule has 0 atom stereocenters. The number of likely N-dealkylation sites (tertiary alicyclic amines) is 1. The third-order valence-electron chi connectivity index (χ3n) is 3.97. The number of imidazole rings is 1. The van der Waals surface area contributed by atoms with Gasteiger partial charge in [0.1, 0.15) is 6.07 Å². The molecule has 22 heavy (non-hydrogen) atoms. The van der Waals surface area contributed by atoms with Gasteiger partial charge in [0.2, 0.25) is 0 Å². The molecule has 0 radical (unpaired) electrons. The van der Waals surface area contributed by atoms with E-state index in [1.165, 1.54) is 30.6 Å². The van der Waals surface area contributed by atoms with Crippen LogP contribution in [0.2, 0.25) is 0 Å². The summed E-state index contributed by atoms with van der Waals surface area (Å²) < 4.78 is 1.99. The first kappa shape index (κ1) is 13.3. The minimum atomic E-state index is 0.613. The number of nitrogens with zero attached hydrogens (tertiary/aromatic N) is 5. The van der Waals surface area contributed by atoms with Gasteiger partial charge in [-0.3, -0.25) is 4.40 Å². The lowest BCUT2D eigenvalue weighted by Gasteiger charge is -2.23. The summed E-state index contributed by atoms with van der Waals surface area (Å²) in [4.78, 5) is 12.9. The summed E-state index contributed by atoms with van der Waals surface area (Å²) in [6.45, 7) is 2.09. The predicted molar refractivity (Wildman–Crippen MR) is 88.9 cm³/mol. The van der Waals surface area contributed by atoms with Crippen LogP contribution in [0.4, 0.5) is 5.82 Å². The molecule has 1 fully saturated rings. The highest BCUT2D eigenvalue weighted by Crippen LogP contribution is 2.32. The van der Waals surface area contributed by atoms with Crippen LogP contribution in [0.1, 0.15) is 24.1 Å². The minimum Gasteiger partial charge on any atom is -0.363 e. The van der Waals surface area contributed by atoms with Crippen molar-refractivity contribution in [3.63, 3.8) is 0 Å². The van der Waals surface area contributed by atoms with Gasteiger partial charge in [-0.05, 0) is 31.4 Å². The molecule has 4 rings (SSSR count). The Labute approximate surface area is 132 Å². The van der Waals surface area contributed by atoms with Crippen molar-refractivity contribution in [2.45, 2.75) is 19.3 Å². The first-order valence-electron chi connectivity index (χ1n) is 7.45. The molecule has 0 N–H and O–H groups in total. The molecule has 5 nitrogen and oxygen atoms in total. The average molecular weight is 309 g/mol. The number of hydrogen-bond acceptors (Lipinski definition) is 4. The summed E-state index contributed by atoms with van der Waals surface area (Å²) in [5.74, 6) is 0.696. The first-order chi connectivity index (χ1) is 10.9. The monoisotopic (exact) mass is 309 g/mol. The maximum atomic E-state index is 9.38. The summed E-state index contributed by atoms with van der Waals surface area (Å²) in [5.41, 5.74) is 1.94. The first-order valence-corrected chi connectivity index (χ1v) is 8.27. The molecule has 0 saturated carbocycles. The van der Waals surface area contributed by atoms with Crippen molar-refractivity contribution >= 4 is 39.5 Å². The highest BCUT2D eigenvalue weighted by Gasteiger charge is 2.16.